The van der Waals surface area contributed by atoms with E-state index in [0.717, 1.165) is 0 Å². The molecule has 4 rings (SSSR count). The number of halogens is 2. The maximum absolute atomic E-state index is 13.3. The maximum atomic E-state index is 13.3. The lowest BCUT2D eigenvalue weighted by Crippen LogP contribution is -1.96. The van der Waals surface area contributed by atoms with Gasteiger partial charge in [-0.3, -0.25) is 4.40 Å². The minimum absolute atomic E-state index is 0.00926. The summed E-state index contributed by atoms with van der Waals surface area (Å²) in [5.41, 5.74) is 1.85. The van der Waals surface area contributed by atoms with Crippen LogP contribution in [-0.4, -0.2) is 35.4 Å². The number of hydrogen-bond donors (Lipinski definition) is 2. The molecule has 0 aliphatic carbocycles. The number of aromatic carboxylic acids is 1. The molecule has 0 bridgehead atoms. The van der Waals surface area contributed by atoms with Crippen LogP contribution in [0.25, 0.3) is 28.1 Å². The maximum Gasteiger partial charge on any atom is 0.339 e. The average molecular weight is 332 g/mol. The highest BCUT2D eigenvalue weighted by atomic mass is 35.5. The Morgan fingerprint density at radius 3 is 2.96 bits per heavy atom. The Balaban J connectivity index is 1.99. The summed E-state index contributed by atoms with van der Waals surface area (Å²) >= 11 is 6.02. The molecule has 0 aromatic carbocycles. The van der Waals surface area contributed by atoms with Crippen LogP contribution in [0.4, 0.5) is 4.39 Å². The van der Waals surface area contributed by atoms with E-state index in [2.05, 4.69) is 19.9 Å². The van der Waals surface area contributed by atoms with Gasteiger partial charge in [0, 0.05) is 12.4 Å². The first kappa shape index (κ1) is 13.6. The molecule has 4 aromatic rings. The molecule has 0 radical (unpaired) electrons. The first-order valence-corrected chi connectivity index (χ1v) is 6.83. The number of aromatic amines is 1. The van der Waals surface area contributed by atoms with Crippen LogP contribution in [0, 0.1) is 5.82 Å². The molecule has 4 aromatic heterocycles. The molecule has 2 N–H and O–H groups in total. The van der Waals surface area contributed by atoms with Gasteiger partial charge in [0.05, 0.1) is 11.7 Å². The predicted molar refractivity (Wildman–Crippen MR) is 80.0 cm³/mol. The SMILES string of the molecule is O=C(O)c1c[nH]c2ncc(-c3nc(Cl)n4cc(F)ccc34)nc12. The third kappa shape index (κ3) is 2.03. The molecule has 0 fully saturated rings. The minimum atomic E-state index is -1.11. The van der Waals surface area contributed by atoms with Crippen LogP contribution in [0.2, 0.25) is 5.28 Å². The van der Waals surface area contributed by atoms with Crippen molar-refractivity contribution >= 4 is 34.3 Å². The van der Waals surface area contributed by atoms with E-state index < -0.39 is 11.8 Å². The van der Waals surface area contributed by atoms with E-state index in [0.29, 0.717) is 22.6 Å². The first-order valence-electron chi connectivity index (χ1n) is 6.45. The van der Waals surface area contributed by atoms with Crippen molar-refractivity contribution in [3.05, 3.63) is 47.4 Å². The molecular formula is C14H7ClFN5O2. The summed E-state index contributed by atoms with van der Waals surface area (Å²) in [6.45, 7) is 0. The molecule has 0 unspecified atom stereocenters. The van der Waals surface area contributed by atoms with E-state index in [9.17, 15) is 9.18 Å². The summed E-state index contributed by atoms with van der Waals surface area (Å²) in [4.78, 5) is 26.6. The molecule has 7 nitrogen and oxygen atoms in total. The number of carboxylic acid groups (broad SMARTS) is 1. The van der Waals surface area contributed by atoms with Crippen molar-refractivity contribution in [2.75, 3.05) is 0 Å². The number of nitrogens with one attached hydrogen (secondary N) is 1. The van der Waals surface area contributed by atoms with Gasteiger partial charge in [0.25, 0.3) is 0 Å². The van der Waals surface area contributed by atoms with Gasteiger partial charge >= 0.3 is 5.97 Å². The standard InChI is InChI=1S/C14H7ClFN5O2/c15-14-20-11(9-2-1-6(16)5-21(9)14)8-4-18-12-10(19-8)7(3-17-12)13(22)23/h1-5H,(H,17,18)(H,22,23). The fourth-order valence-electron chi connectivity index (χ4n) is 2.38. The molecule has 0 spiro atoms. The minimum Gasteiger partial charge on any atom is -0.478 e. The fourth-order valence-corrected chi connectivity index (χ4v) is 2.61. The number of rotatable bonds is 2. The van der Waals surface area contributed by atoms with Crippen molar-refractivity contribution in [3.8, 4) is 11.4 Å². The molecule has 0 saturated heterocycles. The molecule has 23 heavy (non-hydrogen) atoms. The monoisotopic (exact) mass is 331 g/mol. The lowest BCUT2D eigenvalue weighted by Gasteiger charge is -1.99. The number of nitrogens with zero attached hydrogens (tertiary/aromatic N) is 4. The molecule has 0 atom stereocenters. The quantitative estimate of drug-likeness (QED) is 0.588. The second-order valence-corrected chi connectivity index (χ2v) is 5.13. The van der Waals surface area contributed by atoms with E-state index in [-0.39, 0.29) is 16.4 Å². The summed E-state index contributed by atoms with van der Waals surface area (Å²) < 4.78 is 14.7. The first-order chi connectivity index (χ1) is 11.0. The van der Waals surface area contributed by atoms with Crippen molar-refractivity contribution in [2.45, 2.75) is 0 Å². The highest BCUT2D eigenvalue weighted by molar-refractivity contribution is 6.29. The van der Waals surface area contributed by atoms with E-state index in [1.54, 1.807) is 0 Å². The highest BCUT2D eigenvalue weighted by Gasteiger charge is 2.17. The van der Waals surface area contributed by atoms with Crippen molar-refractivity contribution in [3.63, 3.8) is 0 Å². The van der Waals surface area contributed by atoms with Crippen LogP contribution in [0.1, 0.15) is 10.4 Å². The fraction of sp³-hybridized carbons (Fsp3) is 0. The van der Waals surface area contributed by atoms with E-state index >= 15 is 0 Å². The molecule has 0 aliphatic heterocycles. The van der Waals surface area contributed by atoms with E-state index in [1.165, 1.54) is 35.1 Å². The topological polar surface area (TPSA) is 96.2 Å². The molecule has 0 saturated carbocycles. The van der Waals surface area contributed by atoms with Crippen molar-refractivity contribution < 1.29 is 14.3 Å². The summed E-state index contributed by atoms with van der Waals surface area (Å²) in [5, 5.41) is 9.24. The van der Waals surface area contributed by atoms with Crippen LogP contribution in [0.5, 0.6) is 0 Å². The average Bonchev–Trinajstić information content (AvgIpc) is 3.08. The summed E-state index contributed by atoms with van der Waals surface area (Å²) in [5.74, 6) is -1.57. The predicted octanol–water partition coefficient (Wildman–Crippen LogP) is 2.76. The third-order valence-corrected chi connectivity index (χ3v) is 3.68. The van der Waals surface area contributed by atoms with Gasteiger partial charge in [-0.25, -0.2) is 24.1 Å². The molecule has 0 aliphatic rings. The van der Waals surface area contributed by atoms with Crippen LogP contribution >= 0.6 is 11.6 Å². The van der Waals surface area contributed by atoms with Gasteiger partial charge < -0.3 is 10.1 Å². The van der Waals surface area contributed by atoms with Gasteiger partial charge in [-0.1, -0.05) is 0 Å². The van der Waals surface area contributed by atoms with E-state index in [4.69, 9.17) is 16.7 Å². The summed E-state index contributed by atoms with van der Waals surface area (Å²) in [7, 11) is 0. The van der Waals surface area contributed by atoms with Gasteiger partial charge in [-0.15, -0.1) is 0 Å². The summed E-state index contributed by atoms with van der Waals surface area (Å²) in [6.07, 6.45) is 3.98. The Hall–Kier alpha value is -3.00. The number of aromatic nitrogens is 5. The van der Waals surface area contributed by atoms with Gasteiger partial charge in [0.1, 0.15) is 28.3 Å². The molecular weight excluding hydrogens is 325 g/mol. The van der Waals surface area contributed by atoms with Crippen LogP contribution < -0.4 is 0 Å². The second kappa shape index (κ2) is 4.75. The Morgan fingerprint density at radius 1 is 1.35 bits per heavy atom. The van der Waals surface area contributed by atoms with Crippen LogP contribution in [0.3, 0.4) is 0 Å². The van der Waals surface area contributed by atoms with Gasteiger partial charge in [-0.05, 0) is 23.7 Å². The number of pyridine rings is 1. The summed E-state index contributed by atoms with van der Waals surface area (Å²) in [6, 6.07) is 2.80. The Kier molecular flexibility index (Phi) is 2.82. The molecule has 4 heterocycles. The van der Waals surface area contributed by atoms with Crippen molar-refractivity contribution in [2.24, 2.45) is 0 Å². The van der Waals surface area contributed by atoms with Gasteiger partial charge in [0.2, 0.25) is 5.28 Å². The number of carbonyl (C=O) groups is 1. The largest absolute Gasteiger partial charge is 0.478 e. The van der Waals surface area contributed by atoms with Gasteiger partial charge in [-0.2, -0.15) is 0 Å². The lowest BCUT2D eigenvalue weighted by atomic mass is 10.2. The third-order valence-electron chi connectivity index (χ3n) is 3.41. The number of H-pyrrole nitrogens is 1. The van der Waals surface area contributed by atoms with Gasteiger partial charge in [0.15, 0.2) is 5.65 Å². The van der Waals surface area contributed by atoms with Crippen LogP contribution in [-0.2, 0) is 0 Å². The molecule has 0 amide bonds. The second-order valence-electron chi connectivity index (χ2n) is 4.79. The van der Waals surface area contributed by atoms with Crippen molar-refractivity contribution in [1.29, 1.82) is 0 Å². The normalized spacial score (nSPS) is 11.4. The van der Waals surface area contributed by atoms with Crippen molar-refractivity contribution in [1.82, 2.24) is 24.3 Å². The van der Waals surface area contributed by atoms with E-state index in [1.807, 2.05) is 0 Å². The zero-order chi connectivity index (χ0) is 16.1. The number of imidazole rings is 1. The molecule has 114 valence electrons. The number of carboxylic acids is 1. The zero-order valence-corrected chi connectivity index (χ0v) is 12.0. The number of fused-ring (bicyclic) bond motifs is 2. The zero-order valence-electron chi connectivity index (χ0n) is 11.3. The molecule has 9 heteroatoms. The smallest absolute Gasteiger partial charge is 0.339 e. The highest BCUT2D eigenvalue weighted by Crippen LogP contribution is 2.27. The number of hydrogen-bond acceptors (Lipinski definition) is 4. The Morgan fingerprint density at radius 2 is 2.17 bits per heavy atom. The Labute approximate surface area is 132 Å². The van der Waals surface area contributed by atoms with Crippen LogP contribution in [0.15, 0.2) is 30.7 Å². The lowest BCUT2D eigenvalue weighted by molar-refractivity contribution is 0.0699. The Bertz CT molecular complexity index is 1090.